The molecular weight excluding hydrogens is 152 g/mol. The molecule has 59 valence electrons. The van der Waals surface area contributed by atoms with E-state index in [1.807, 2.05) is 31.2 Å². The molecule has 3 nitrogen and oxygen atoms in total. The summed E-state index contributed by atoms with van der Waals surface area (Å²) in [5.41, 5.74) is 2.12. The van der Waals surface area contributed by atoms with Crippen LogP contribution in [0.15, 0.2) is 28.8 Å². The highest BCUT2D eigenvalue weighted by Gasteiger charge is 2.04. The van der Waals surface area contributed by atoms with Crippen LogP contribution in [0.2, 0.25) is 0 Å². The molecule has 0 atom stereocenters. The van der Waals surface area contributed by atoms with E-state index < -0.39 is 0 Å². The molecule has 12 heavy (non-hydrogen) atoms. The van der Waals surface area contributed by atoms with Crippen molar-refractivity contribution < 1.29 is 4.52 Å². The minimum atomic E-state index is 0.591. The Morgan fingerprint density at radius 1 is 1.33 bits per heavy atom. The predicted molar refractivity (Wildman–Crippen MR) is 43.3 cm³/mol. The molecule has 2 aromatic rings. The fourth-order valence-electron chi connectivity index (χ4n) is 1.08. The monoisotopic (exact) mass is 159 g/mol. The van der Waals surface area contributed by atoms with Gasteiger partial charge in [-0.05, 0) is 12.5 Å². The van der Waals surface area contributed by atoms with Gasteiger partial charge in [0.2, 0.25) is 5.82 Å². The molecule has 3 heteroatoms. The van der Waals surface area contributed by atoms with E-state index in [1.165, 1.54) is 0 Å². The summed E-state index contributed by atoms with van der Waals surface area (Å²) in [5, 5.41) is 3.71. The van der Waals surface area contributed by atoms with Crippen LogP contribution in [0, 0.1) is 13.3 Å². The quantitative estimate of drug-likeness (QED) is 0.637. The lowest BCUT2D eigenvalue weighted by Gasteiger charge is -1.97. The minimum absolute atomic E-state index is 0.591. The van der Waals surface area contributed by atoms with E-state index in [1.54, 1.807) is 0 Å². The maximum Gasteiger partial charge on any atom is 0.316 e. The maximum atomic E-state index is 4.54. The van der Waals surface area contributed by atoms with E-state index in [9.17, 15) is 0 Å². The van der Waals surface area contributed by atoms with Gasteiger partial charge in [-0.15, -0.1) is 0 Å². The van der Waals surface area contributed by atoms with Crippen LogP contribution in [0.1, 0.15) is 5.56 Å². The van der Waals surface area contributed by atoms with Gasteiger partial charge in [0.15, 0.2) is 0 Å². The lowest BCUT2D eigenvalue weighted by Crippen LogP contribution is -1.83. The van der Waals surface area contributed by atoms with Gasteiger partial charge in [0.1, 0.15) is 0 Å². The van der Waals surface area contributed by atoms with Crippen molar-refractivity contribution in [3.8, 4) is 11.4 Å². The molecule has 1 aromatic heterocycles. The standard InChI is InChI=1S/C9H7N2O/c1-7-4-2-3-5-8(7)9-10-6-12-11-9/h2-5H,1H3. The van der Waals surface area contributed by atoms with Crippen LogP contribution in [0.5, 0.6) is 0 Å². The van der Waals surface area contributed by atoms with Gasteiger partial charge in [-0.1, -0.05) is 29.4 Å². The van der Waals surface area contributed by atoms with Crippen LogP contribution in [0.3, 0.4) is 0 Å². The Labute approximate surface area is 70.0 Å². The highest BCUT2D eigenvalue weighted by atomic mass is 16.5. The molecule has 0 amide bonds. The summed E-state index contributed by atoms with van der Waals surface area (Å²) >= 11 is 0. The topological polar surface area (TPSA) is 38.9 Å². The molecule has 0 spiro atoms. The zero-order valence-electron chi connectivity index (χ0n) is 6.61. The summed E-state index contributed by atoms with van der Waals surface area (Å²) in [6, 6.07) is 7.88. The number of rotatable bonds is 1. The number of hydrogen-bond acceptors (Lipinski definition) is 3. The summed E-state index contributed by atoms with van der Waals surface area (Å²) in [5.74, 6) is 0.591. The van der Waals surface area contributed by atoms with Gasteiger partial charge in [0, 0.05) is 5.56 Å². The first-order valence-electron chi connectivity index (χ1n) is 3.63. The number of benzene rings is 1. The fraction of sp³-hybridized carbons (Fsp3) is 0.111. The first kappa shape index (κ1) is 7.03. The Morgan fingerprint density at radius 2 is 2.17 bits per heavy atom. The largest absolute Gasteiger partial charge is 0.328 e. The summed E-state index contributed by atoms with van der Waals surface area (Å²) in [7, 11) is 0. The number of hydrogen-bond donors (Lipinski definition) is 0. The third kappa shape index (κ3) is 1.09. The highest BCUT2D eigenvalue weighted by Crippen LogP contribution is 2.17. The van der Waals surface area contributed by atoms with E-state index in [2.05, 4.69) is 21.1 Å². The molecule has 0 aliphatic carbocycles. The number of aryl methyl sites for hydroxylation is 1. The van der Waals surface area contributed by atoms with Crippen LogP contribution in [-0.2, 0) is 0 Å². The molecule has 0 saturated carbocycles. The van der Waals surface area contributed by atoms with Gasteiger partial charge in [0.05, 0.1) is 0 Å². The average Bonchev–Trinajstić information content (AvgIpc) is 2.57. The molecule has 1 aromatic carbocycles. The summed E-state index contributed by atoms with van der Waals surface area (Å²) in [6.07, 6.45) is 2.32. The third-order valence-corrected chi connectivity index (χ3v) is 1.71. The molecule has 0 aliphatic heterocycles. The Kier molecular flexibility index (Phi) is 1.63. The Hall–Kier alpha value is -1.64. The molecule has 0 fully saturated rings. The third-order valence-electron chi connectivity index (χ3n) is 1.71. The van der Waals surface area contributed by atoms with Crippen LogP contribution in [0.25, 0.3) is 11.4 Å². The van der Waals surface area contributed by atoms with E-state index >= 15 is 0 Å². The van der Waals surface area contributed by atoms with Crippen LogP contribution in [-0.4, -0.2) is 10.1 Å². The van der Waals surface area contributed by atoms with E-state index in [4.69, 9.17) is 0 Å². The first-order valence-corrected chi connectivity index (χ1v) is 3.63. The van der Waals surface area contributed by atoms with Crippen LogP contribution in [0.4, 0.5) is 0 Å². The molecule has 1 radical (unpaired) electrons. The zero-order valence-corrected chi connectivity index (χ0v) is 6.61. The molecule has 0 saturated heterocycles. The van der Waals surface area contributed by atoms with E-state index in [0.717, 1.165) is 11.1 Å². The lowest BCUT2D eigenvalue weighted by molar-refractivity contribution is 0.411. The Morgan fingerprint density at radius 3 is 2.83 bits per heavy atom. The SMILES string of the molecule is Cc1ccccc1-c1n[c]on1. The normalized spacial score (nSPS) is 10.1. The Balaban J connectivity index is 2.55. The highest BCUT2D eigenvalue weighted by molar-refractivity contribution is 5.58. The molecule has 0 bridgehead atoms. The van der Waals surface area contributed by atoms with E-state index in [0.29, 0.717) is 5.82 Å². The molecule has 0 N–H and O–H groups in total. The second kappa shape index (κ2) is 2.77. The first-order chi connectivity index (χ1) is 5.88. The van der Waals surface area contributed by atoms with Crippen molar-refractivity contribution in [2.24, 2.45) is 0 Å². The summed E-state index contributed by atoms with van der Waals surface area (Å²) in [4.78, 5) is 3.84. The molecule has 1 heterocycles. The minimum Gasteiger partial charge on any atom is -0.328 e. The molecule has 0 unspecified atom stereocenters. The van der Waals surface area contributed by atoms with Gasteiger partial charge in [-0.2, -0.15) is 4.98 Å². The van der Waals surface area contributed by atoms with Gasteiger partial charge < -0.3 is 4.52 Å². The second-order valence-electron chi connectivity index (χ2n) is 2.52. The smallest absolute Gasteiger partial charge is 0.316 e. The van der Waals surface area contributed by atoms with Gasteiger partial charge in [-0.3, -0.25) is 0 Å². The average molecular weight is 159 g/mol. The zero-order chi connectivity index (χ0) is 8.39. The van der Waals surface area contributed by atoms with Crippen molar-refractivity contribution in [3.05, 3.63) is 36.2 Å². The van der Waals surface area contributed by atoms with Gasteiger partial charge in [-0.25, -0.2) is 0 Å². The van der Waals surface area contributed by atoms with Crippen molar-refractivity contribution in [2.75, 3.05) is 0 Å². The summed E-state index contributed by atoms with van der Waals surface area (Å²) < 4.78 is 4.54. The predicted octanol–water partition coefficient (Wildman–Crippen LogP) is 1.85. The van der Waals surface area contributed by atoms with Gasteiger partial charge in [0.25, 0.3) is 0 Å². The molecule has 0 aliphatic rings. The van der Waals surface area contributed by atoms with Crippen LogP contribution >= 0.6 is 0 Å². The second-order valence-corrected chi connectivity index (χ2v) is 2.52. The van der Waals surface area contributed by atoms with Crippen molar-refractivity contribution >= 4 is 0 Å². The van der Waals surface area contributed by atoms with Gasteiger partial charge >= 0.3 is 6.39 Å². The number of nitrogens with zero attached hydrogens (tertiary/aromatic N) is 2. The molecular formula is C9H7N2O. The van der Waals surface area contributed by atoms with Crippen molar-refractivity contribution in [2.45, 2.75) is 6.92 Å². The van der Waals surface area contributed by atoms with E-state index in [-0.39, 0.29) is 0 Å². The van der Waals surface area contributed by atoms with Crippen molar-refractivity contribution in [3.63, 3.8) is 0 Å². The van der Waals surface area contributed by atoms with Crippen molar-refractivity contribution in [1.29, 1.82) is 0 Å². The van der Waals surface area contributed by atoms with Crippen LogP contribution < -0.4 is 0 Å². The lowest BCUT2D eigenvalue weighted by atomic mass is 10.1. The number of aromatic nitrogens is 2. The maximum absolute atomic E-state index is 4.54. The molecule has 2 rings (SSSR count). The Bertz CT molecular complexity index is 368. The summed E-state index contributed by atoms with van der Waals surface area (Å²) in [6.45, 7) is 2.01. The fourth-order valence-corrected chi connectivity index (χ4v) is 1.08. The van der Waals surface area contributed by atoms with Crippen molar-refractivity contribution in [1.82, 2.24) is 10.1 Å².